The third-order valence-corrected chi connectivity index (χ3v) is 3.98. The average molecular weight is 298 g/mol. The maximum atomic E-state index is 12.0. The van der Waals surface area contributed by atoms with Gasteiger partial charge in [0.2, 0.25) is 11.8 Å². The van der Waals surface area contributed by atoms with E-state index >= 15 is 0 Å². The molecule has 1 rings (SSSR count). The predicted molar refractivity (Wildman–Crippen MR) is 82.9 cm³/mol. The molecule has 0 aromatic heterocycles. The summed E-state index contributed by atoms with van der Waals surface area (Å²) in [5.41, 5.74) is 0. The van der Waals surface area contributed by atoms with Gasteiger partial charge in [0.15, 0.2) is 0 Å². The molecule has 0 aromatic carbocycles. The van der Waals surface area contributed by atoms with E-state index in [1.54, 1.807) is 12.0 Å². The largest absolute Gasteiger partial charge is 0.383 e. The summed E-state index contributed by atoms with van der Waals surface area (Å²) in [5.74, 6) is -0.0990. The molecule has 2 amide bonds. The van der Waals surface area contributed by atoms with Crippen molar-refractivity contribution in [3.05, 3.63) is 0 Å². The Labute approximate surface area is 128 Å². The number of nitrogens with zero attached hydrogens (tertiary/aromatic N) is 1. The average Bonchev–Trinajstić information content (AvgIpc) is 2.85. The minimum atomic E-state index is -0.186. The second-order valence-corrected chi connectivity index (χ2v) is 5.79. The van der Waals surface area contributed by atoms with Gasteiger partial charge in [0, 0.05) is 33.2 Å². The summed E-state index contributed by atoms with van der Waals surface area (Å²) in [7, 11) is 1.62. The van der Waals surface area contributed by atoms with Crippen LogP contribution in [0.25, 0.3) is 0 Å². The molecule has 5 heteroatoms. The Kier molecular flexibility index (Phi) is 9.06. The Hall–Kier alpha value is -1.10. The lowest BCUT2D eigenvalue weighted by molar-refractivity contribution is -0.129. The number of unbranched alkanes of at least 4 members (excludes halogenated alkanes) is 5. The second-order valence-electron chi connectivity index (χ2n) is 5.79. The van der Waals surface area contributed by atoms with Gasteiger partial charge in [0.1, 0.15) is 0 Å². The summed E-state index contributed by atoms with van der Waals surface area (Å²) in [6.45, 7) is 4.58. The molecule has 1 saturated heterocycles. The van der Waals surface area contributed by atoms with Crippen molar-refractivity contribution in [3.63, 3.8) is 0 Å². The monoisotopic (exact) mass is 298 g/mol. The van der Waals surface area contributed by atoms with Crippen molar-refractivity contribution in [1.29, 1.82) is 0 Å². The van der Waals surface area contributed by atoms with Crippen molar-refractivity contribution in [2.45, 2.75) is 51.9 Å². The molecule has 1 unspecified atom stereocenters. The number of carbonyl (C=O) groups is 2. The smallest absolute Gasteiger partial charge is 0.225 e. The van der Waals surface area contributed by atoms with E-state index < -0.39 is 0 Å². The Bertz CT molecular complexity index is 321. The van der Waals surface area contributed by atoms with Crippen LogP contribution in [0.2, 0.25) is 0 Å². The molecule has 0 saturated carbocycles. The van der Waals surface area contributed by atoms with E-state index in [1.807, 2.05) is 0 Å². The van der Waals surface area contributed by atoms with Gasteiger partial charge in [-0.15, -0.1) is 0 Å². The standard InChI is InChI=1S/C16H30N2O3/c1-3-4-5-6-7-8-9-17-16(20)14-12-15(19)18(13-14)10-11-21-2/h14H,3-13H2,1-2H3,(H,17,20). The third kappa shape index (κ3) is 6.93. The molecule has 1 aliphatic rings. The number of hydrogen-bond donors (Lipinski definition) is 1. The fourth-order valence-corrected chi connectivity index (χ4v) is 2.63. The van der Waals surface area contributed by atoms with Crippen LogP contribution in [-0.4, -0.2) is 50.1 Å². The fraction of sp³-hybridized carbons (Fsp3) is 0.875. The first-order valence-electron chi connectivity index (χ1n) is 8.23. The number of hydrogen-bond acceptors (Lipinski definition) is 3. The van der Waals surface area contributed by atoms with Crippen LogP contribution in [0.4, 0.5) is 0 Å². The van der Waals surface area contributed by atoms with Crippen LogP contribution in [-0.2, 0) is 14.3 Å². The number of nitrogens with one attached hydrogen (secondary N) is 1. The van der Waals surface area contributed by atoms with Crippen LogP contribution in [0.5, 0.6) is 0 Å². The molecule has 0 radical (unpaired) electrons. The zero-order valence-electron chi connectivity index (χ0n) is 13.5. The molecule has 0 aliphatic carbocycles. The first-order chi connectivity index (χ1) is 10.2. The zero-order chi connectivity index (χ0) is 15.5. The molecule has 122 valence electrons. The van der Waals surface area contributed by atoms with Gasteiger partial charge in [-0.2, -0.15) is 0 Å². The van der Waals surface area contributed by atoms with Crippen LogP contribution in [0.3, 0.4) is 0 Å². The summed E-state index contributed by atoms with van der Waals surface area (Å²) in [6.07, 6.45) is 7.63. The molecule has 1 aliphatic heterocycles. The molecular formula is C16H30N2O3. The van der Waals surface area contributed by atoms with Crippen molar-refractivity contribution >= 4 is 11.8 Å². The van der Waals surface area contributed by atoms with Gasteiger partial charge in [-0.25, -0.2) is 0 Å². The molecule has 0 bridgehead atoms. The van der Waals surface area contributed by atoms with Gasteiger partial charge in [-0.3, -0.25) is 9.59 Å². The highest BCUT2D eigenvalue weighted by Gasteiger charge is 2.33. The van der Waals surface area contributed by atoms with E-state index in [0.29, 0.717) is 26.1 Å². The highest BCUT2D eigenvalue weighted by Crippen LogP contribution is 2.17. The van der Waals surface area contributed by atoms with Crippen molar-refractivity contribution in [1.82, 2.24) is 10.2 Å². The van der Waals surface area contributed by atoms with Crippen molar-refractivity contribution in [2.75, 3.05) is 33.4 Å². The molecule has 1 atom stereocenters. The van der Waals surface area contributed by atoms with Gasteiger partial charge < -0.3 is 15.0 Å². The zero-order valence-corrected chi connectivity index (χ0v) is 13.5. The summed E-state index contributed by atoms with van der Waals surface area (Å²) in [4.78, 5) is 25.5. The third-order valence-electron chi connectivity index (χ3n) is 3.98. The number of rotatable bonds is 11. The Morgan fingerprint density at radius 1 is 1.29 bits per heavy atom. The lowest BCUT2D eigenvalue weighted by atomic mass is 10.1. The summed E-state index contributed by atoms with van der Waals surface area (Å²) in [6, 6.07) is 0. The SMILES string of the molecule is CCCCCCCCNC(=O)C1CC(=O)N(CCOC)C1. The predicted octanol–water partition coefficient (Wildman–Crippen LogP) is 1.96. The summed E-state index contributed by atoms with van der Waals surface area (Å²) in [5, 5.41) is 2.96. The van der Waals surface area contributed by atoms with Gasteiger partial charge in [-0.1, -0.05) is 39.0 Å². The molecule has 1 heterocycles. The highest BCUT2D eigenvalue weighted by molar-refractivity contribution is 5.89. The van der Waals surface area contributed by atoms with Crippen LogP contribution in [0, 0.1) is 5.92 Å². The minimum absolute atomic E-state index is 0.0248. The fourth-order valence-electron chi connectivity index (χ4n) is 2.63. The van der Waals surface area contributed by atoms with Gasteiger partial charge in [-0.05, 0) is 6.42 Å². The van der Waals surface area contributed by atoms with E-state index in [1.165, 1.54) is 32.1 Å². The molecule has 1 fully saturated rings. The van der Waals surface area contributed by atoms with Crippen LogP contribution in [0.1, 0.15) is 51.9 Å². The van der Waals surface area contributed by atoms with Crippen LogP contribution < -0.4 is 5.32 Å². The van der Waals surface area contributed by atoms with Crippen molar-refractivity contribution in [3.8, 4) is 0 Å². The Balaban J connectivity index is 2.11. The molecule has 5 nitrogen and oxygen atoms in total. The van der Waals surface area contributed by atoms with E-state index in [0.717, 1.165) is 13.0 Å². The Morgan fingerprint density at radius 2 is 2.00 bits per heavy atom. The Morgan fingerprint density at radius 3 is 2.71 bits per heavy atom. The lowest BCUT2D eigenvalue weighted by Gasteiger charge is -2.15. The van der Waals surface area contributed by atoms with Gasteiger partial charge in [0.05, 0.1) is 12.5 Å². The lowest BCUT2D eigenvalue weighted by Crippen LogP contribution is -2.34. The van der Waals surface area contributed by atoms with E-state index in [4.69, 9.17) is 4.74 Å². The first kappa shape index (κ1) is 18.0. The minimum Gasteiger partial charge on any atom is -0.383 e. The number of amides is 2. The van der Waals surface area contributed by atoms with Crippen molar-refractivity contribution < 1.29 is 14.3 Å². The van der Waals surface area contributed by atoms with E-state index in [2.05, 4.69) is 12.2 Å². The number of methoxy groups -OCH3 is 1. The number of likely N-dealkylation sites (tertiary alicyclic amines) is 1. The quantitative estimate of drug-likeness (QED) is 0.593. The maximum absolute atomic E-state index is 12.0. The first-order valence-corrected chi connectivity index (χ1v) is 8.23. The molecule has 0 aromatic rings. The summed E-state index contributed by atoms with van der Waals surface area (Å²) < 4.78 is 4.97. The molecule has 1 N–H and O–H groups in total. The maximum Gasteiger partial charge on any atom is 0.225 e. The van der Waals surface area contributed by atoms with Crippen LogP contribution >= 0.6 is 0 Å². The number of ether oxygens (including phenoxy) is 1. The van der Waals surface area contributed by atoms with Gasteiger partial charge in [0.25, 0.3) is 0 Å². The number of carbonyl (C=O) groups excluding carboxylic acids is 2. The van der Waals surface area contributed by atoms with Crippen molar-refractivity contribution in [2.24, 2.45) is 5.92 Å². The topological polar surface area (TPSA) is 58.6 Å². The van der Waals surface area contributed by atoms with E-state index in [-0.39, 0.29) is 17.7 Å². The summed E-state index contributed by atoms with van der Waals surface area (Å²) >= 11 is 0. The van der Waals surface area contributed by atoms with Crippen LogP contribution in [0.15, 0.2) is 0 Å². The highest BCUT2D eigenvalue weighted by atomic mass is 16.5. The molecule has 21 heavy (non-hydrogen) atoms. The second kappa shape index (κ2) is 10.6. The molecule has 0 spiro atoms. The van der Waals surface area contributed by atoms with E-state index in [9.17, 15) is 9.59 Å². The van der Waals surface area contributed by atoms with Gasteiger partial charge >= 0.3 is 0 Å². The normalized spacial score (nSPS) is 18.3. The molecular weight excluding hydrogens is 268 g/mol.